The summed E-state index contributed by atoms with van der Waals surface area (Å²) in [5.74, 6) is -0.162. The fourth-order valence-corrected chi connectivity index (χ4v) is 1.65. The molecule has 2 N–H and O–H groups in total. The van der Waals surface area contributed by atoms with Crippen molar-refractivity contribution in [1.82, 2.24) is 0 Å². The number of hydrogen-bond acceptors (Lipinski definition) is 1. The van der Waals surface area contributed by atoms with Gasteiger partial charge in [0.2, 0.25) is 0 Å². The highest BCUT2D eigenvalue weighted by atomic mass is 19.1. The SMILES string of the molecule is Cc1ccc(F)cc1CCC(N)C(C)(C)C. The average Bonchev–Trinajstić information content (AvgIpc) is 2.17. The van der Waals surface area contributed by atoms with E-state index in [0.29, 0.717) is 0 Å². The normalized spacial score (nSPS) is 13.9. The van der Waals surface area contributed by atoms with Gasteiger partial charge in [-0.3, -0.25) is 0 Å². The second-order valence-electron chi connectivity index (χ2n) is 5.58. The van der Waals surface area contributed by atoms with Gasteiger partial charge in [-0.05, 0) is 48.4 Å². The van der Waals surface area contributed by atoms with Crippen LogP contribution >= 0.6 is 0 Å². The van der Waals surface area contributed by atoms with Crippen LogP contribution in [0.2, 0.25) is 0 Å². The molecule has 90 valence electrons. The van der Waals surface area contributed by atoms with E-state index >= 15 is 0 Å². The van der Waals surface area contributed by atoms with Crippen molar-refractivity contribution in [2.24, 2.45) is 11.1 Å². The van der Waals surface area contributed by atoms with Crippen LogP contribution in [-0.4, -0.2) is 6.04 Å². The number of hydrogen-bond donors (Lipinski definition) is 1. The van der Waals surface area contributed by atoms with Gasteiger partial charge in [-0.25, -0.2) is 4.39 Å². The lowest BCUT2D eigenvalue weighted by molar-refractivity contribution is 0.306. The molecule has 0 heterocycles. The van der Waals surface area contributed by atoms with E-state index in [1.165, 1.54) is 6.07 Å². The lowest BCUT2D eigenvalue weighted by Gasteiger charge is -2.27. The lowest BCUT2D eigenvalue weighted by atomic mass is 9.84. The summed E-state index contributed by atoms with van der Waals surface area (Å²) >= 11 is 0. The molecule has 1 aromatic rings. The van der Waals surface area contributed by atoms with Crippen molar-refractivity contribution in [3.8, 4) is 0 Å². The van der Waals surface area contributed by atoms with Crippen LogP contribution in [0.4, 0.5) is 4.39 Å². The smallest absolute Gasteiger partial charge is 0.123 e. The molecule has 0 fully saturated rings. The summed E-state index contributed by atoms with van der Waals surface area (Å²) in [7, 11) is 0. The third-order valence-electron chi connectivity index (χ3n) is 3.15. The standard InChI is InChI=1S/C14H22FN/c1-10-5-7-12(15)9-11(10)6-8-13(16)14(2,3)4/h5,7,9,13H,6,8,16H2,1-4H3. The molecule has 0 aliphatic heterocycles. The number of rotatable bonds is 3. The Labute approximate surface area is 97.9 Å². The third-order valence-corrected chi connectivity index (χ3v) is 3.15. The minimum absolute atomic E-state index is 0.112. The molecule has 1 nitrogen and oxygen atoms in total. The van der Waals surface area contributed by atoms with Crippen LogP contribution in [0.3, 0.4) is 0 Å². The zero-order valence-corrected chi connectivity index (χ0v) is 10.7. The summed E-state index contributed by atoms with van der Waals surface area (Å²) in [5.41, 5.74) is 8.42. The summed E-state index contributed by atoms with van der Waals surface area (Å²) < 4.78 is 13.1. The van der Waals surface area contributed by atoms with Crippen molar-refractivity contribution in [3.63, 3.8) is 0 Å². The Hall–Kier alpha value is -0.890. The van der Waals surface area contributed by atoms with Crippen molar-refractivity contribution in [2.45, 2.75) is 46.6 Å². The van der Waals surface area contributed by atoms with E-state index in [2.05, 4.69) is 20.8 Å². The van der Waals surface area contributed by atoms with Gasteiger partial charge < -0.3 is 5.73 Å². The van der Waals surface area contributed by atoms with Crippen LogP contribution in [0.1, 0.15) is 38.3 Å². The van der Waals surface area contributed by atoms with E-state index in [-0.39, 0.29) is 17.3 Å². The Morgan fingerprint density at radius 3 is 2.50 bits per heavy atom. The van der Waals surface area contributed by atoms with Gasteiger partial charge in [0, 0.05) is 6.04 Å². The van der Waals surface area contributed by atoms with E-state index in [4.69, 9.17) is 5.73 Å². The van der Waals surface area contributed by atoms with Crippen LogP contribution < -0.4 is 5.73 Å². The minimum atomic E-state index is -0.162. The first kappa shape index (κ1) is 13.2. The summed E-state index contributed by atoms with van der Waals surface area (Å²) in [6, 6.07) is 5.09. The third kappa shape index (κ3) is 3.60. The van der Waals surface area contributed by atoms with E-state index in [0.717, 1.165) is 24.0 Å². The molecular formula is C14H22FN. The predicted octanol–water partition coefficient (Wildman–Crippen LogP) is 3.44. The largest absolute Gasteiger partial charge is 0.327 e. The first-order chi connectivity index (χ1) is 7.30. The molecular weight excluding hydrogens is 201 g/mol. The maximum atomic E-state index is 13.1. The number of halogens is 1. The zero-order chi connectivity index (χ0) is 12.3. The van der Waals surface area contributed by atoms with Crippen LogP contribution in [0.15, 0.2) is 18.2 Å². The maximum Gasteiger partial charge on any atom is 0.123 e. The molecule has 0 aromatic heterocycles. The van der Waals surface area contributed by atoms with Crippen molar-refractivity contribution >= 4 is 0 Å². The highest BCUT2D eigenvalue weighted by Gasteiger charge is 2.20. The molecule has 1 rings (SSSR count). The van der Waals surface area contributed by atoms with Crippen molar-refractivity contribution in [1.29, 1.82) is 0 Å². The van der Waals surface area contributed by atoms with Gasteiger partial charge >= 0.3 is 0 Å². The molecule has 0 saturated heterocycles. The molecule has 0 saturated carbocycles. The number of aryl methyl sites for hydroxylation is 2. The Bertz CT molecular complexity index is 352. The Morgan fingerprint density at radius 2 is 1.94 bits per heavy atom. The van der Waals surface area contributed by atoms with Crippen LogP contribution in [0.25, 0.3) is 0 Å². The van der Waals surface area contributed by atoms with Gasteiger partial charge in [-0.1, -0.05) is 26.8 Å². The molecule has 0 spiro atoms. The predicted molar refractivity (Wildman–Crippen MR) is 66.9 cm³/mol. The van der Waals surface area contributed by atoms with Gasteiger partial charge in [0.05, 0.1) is 0 Å². The highest BCUT2D eigenvalue weighted by Crippen LogP contribution is 2.22. The van der Waals surface area contributed by atoms with Gasteiger partial charge in [0.1, 0.15) is 5.82 Å². The fourth-order valence-electron chi connectivity index (χ4n) is 1.65. The lowest BCUT2D eigenvalue weighted by Crippen LogP contribution is -2.35. The molecule has 0 amide bonds. The van der Waals surface area contributed by atoms with E-state index < -0.39 is 0 Å². The van der Waals surface area contributed by atoms with Gasteiger partial charge in [0.25, 0.3) is 0 Å². The summed E-state index contributed by atoms with van der Waals surface area (Å²) in [5, 5.41) is 0. The van der Waals surface area contributed by atoms with Crippen LogP contribution in [-0.2, 0) is 6.42 Å². The van der Waals surface area contributed by atoms with E-state index in [1.54, 1.807) is 6.07 Å². The first-order valence-electron chi connectivity index (χ1n) is 5.81. The topological polar surface area (TPSA) is 26.0 Å². The van der Waals surface area contributed by atoms with E-state index in [1.807, 2.05) is 13.0 Å². The fraction of sp³-hybridized carbons (Fsp3) is 0.571. The highest BCUT2D eigenvalue weighted by molar-refractivity contribution is 5.26. The number of nitrogens with two attached hydrogens (primary N) is 1. The molecule has 2 heteroatoms. The monoisotopic (exact) mass is 223 g/mol. The first-order valence-corrected chi connectivity index (χ1v) is 5.81. The van der Waals surface area contributed by atoms with Gasteiger partial charge in [-0.15, -0.1) is 0 Å². The Balaban J connectivity index is 2.64. The van der Waals surface area contributed by atoms with Crippen LogP contribution in [0.5, 0.6) is 0 Å². The second-order valence-corrected chi connectivity index (χ2v) is 5.58. The Kier molecular flexibility index (Phi) is 4.09. The average molecular weight is 223 g/mol. The van der Waals surface area contributed by atoms with E-state index in [9.17, 15) is 4.39 Å². The zero-order valence-electron chi connectivity index (χ0n) is 10.7. The molecule has 0 bridgehead atoms. The quantitative estimate of drug-likeness (QED) is 0.834. The second kappa shape index (κ2) is 4.96. The molecule has 1 unspecified atom stereocenters. The molecule has 0 aliphatic carbocycles. The minimum Gasteiger partial charge on any atom is -0.327 e. The van der Waals surface area contributed by atoms with Gasteiger partial charge in [-0.2, -0.15) is 0 Å². The molecule has 1 aromatic carbocycles. The molecule has 0 radical (unpaired) electrons. The maximum absolute atomic E-state index is 13.1. The van der Waals surface area contributed by atoms with Crippen molar-refractivity contribution in [3.05, 3.63) is 35.1 Å². The molecule has 0 aliphatic rings. The molecule has 16 heavy (non-hydrogen) atoms. The van der Waals surface area contributed by atoms with Crippen molar-refractivity contribution < 1.29 is 4.39 Å². The number of benzene rings is 1. The summed E-state index contributed by atoms with van der Waals surface area (Å²) in [6.07, 6.45) is 1.75. The van der Waals surface area contributed by atoms with Crippen LogP contribution in [0, 0.1) is 18.2 Å². The molecule has 1 atom stereocenters. The summed E-state index contributed by atoms with van der Waals surface area (Å²) in [6.45, 7) is 8.42. The summed E-state index contributed by atoms with van der Waals surface area (Å²) in [4.78, 5) is 0. The Morgan fingerprint density at radius 1 is 1.31 bits per heavy atom. The van der Waals surface area contributed by atoms with Gasteiger partial charge in [0.15, 0.2) is 0 Å². The van der Waals surface area contributed by atoms with Crippen molar-refractivity contribution in [2.75, 3.05) is 0 Å².